The smallest absolute Gasteiger partial charge is 0.389 e. The zero-order valence-electron chi connectivity index (χ0n) is 9.75. The molecule has 0 unspecified atom stereocenters. The van der Waals surface area contributed by atoms with Crippen LogP contribution in [0, 0.1) is 0 Å². The van der Waals surface area contributed by atoms with Gasteiger partial charge in [0, 0.05) is 24.2 Å². The number of hydrogen-bond donors (Lipinski definition) is 3. The van der Waals surface area contributed by atoms with Crippen molar-refractivity contribution in [3.8, 4) is 0 Å². The lowest BCUT2D eigenvalue weighted by molar-refractivity contribution is -0.137. The number of primary amides is 1. The molecule has 0 aliphatic carbocycles. The number of thiocarbonyl (C=S) groups is 1. The first-order chi connectivity index (χ1) is 8.71. The van der Waals surface area contributed by atoms with E-state index in [1.165, 1.54) is 12.1 Å². The van der Waals surface area contributed by atoms with E-state index in [2.05, 4.69) is 17.5 Å². The summed E-state index contributed by atoms with van der Waals surface area (Å²) in [5, 5.41) is 2.67. The predicted molar refractivity (Wildman–Crippen MR) is 69.6 cm³/mol. The maximum Gasteiger partial charge on any atom is 0.417 e. The summed E-state index contributed by atoms with van der Waals surface area (Å²) in [6.07, 6.45) is -4.53. The fraction of sp³-hybridized carbons (Fsp3) is 0.273. The van der Waals surface area contributed by atoms with E-state index in [1.807, 2.05) is 0 Å². The molecule has 1 aromatic rings. The molecule has 0 saturated heterocycles. The Bertz CT molecular complexity index is 502. The molecule has 0 aromatic heterocycles. The lowest BCUT2D eigenvalue weighted by Gasteiger charge is -2.14. The molecule has 0 aliphatic rings. The van der Waals surface area contributed by atoms with Gasteiger partial charge >= 0.3 is 6.18 Å². The minimum atomic E-state index is -4.56. The maximum atomic E-state index is 12.8. The number of alkyl halides is 3. The summed E-state index contributed by atoms with van der Waals surface area (Å²) in [5.74, 6) is -0.539. The van der Waals surface area contributed by atoms with Gasteiger partial charge in [0.25, 0.3) is 0 Å². The van der Waals surface area contributed by atoms with Gasteiger partial charge in [0.2, 0.25) is 5.91 Å². The molecule has 4 nitrogen and oxygen atoms in total. The molecule has 1 aromatic carbocycles. The van der Waals surface area contributed by atoms with Crippen LogP contribution in [0.15, 0.2) is 18.2 Å². The van der Waals surface area contributed by atoms with Crippen LogP contribution in [0.5, 0.6) is 0 Å². The topological polar surface area (TPSA) is 81.1 Å². The molecule has 104 valence electrons. The summed E-state index contributed by atoms with van der Waals surface area (Å²) in [4.78, 5) is 10.2. The van der Waals surface area contributed by atoms with E-state index in [9.17, 15) is 18.0 Å². The zero-order chi connectivity index (χ0) is 14.6. The normalized spacial score (nSPS) is 11.1. The molecule has 19 heavy (non-hydrogen) atoms. The highest BCUT2D eigenvalue weighted by Crippen LogP contribution is 2.33. The molecule has 0 radical (unpaired) electrons. The highest BCUT2D eigenvalue weighted by atomic mass is 32.1. The molecule has 1 amide bonds. The molecular formula is C11H12F3N3OS. The van der Waals surface area contributed by atoms with E-state index in [1.54, 1.807) is 0 Å². The molecule has 0 fully saturated rings. The lowest BCUT2D eigenvalue weighted by atomic mass is 10.1. The third-order valence-electron chi connectivity index (χ3n) is 2.29. The molecule has 5 N–H and O–H groups in total. The number of hydrogen-bond acceptors (Lipinski definition) is 3. The third kappa shape index (κ3) is 4.40. The van der Waals surface area contributed by atoms with Gasteiger partial charge in [-0.3, -0.25) is 4.79 Å². The lowest BCUT2D eigenvalue weighted by Crippen LogP contribution is -2.19. The molecule has 0 bridgehead atoms. The largest absolute Gasteiger partial charge is 0.417 e. The zero-order valence-corrected chi connectivity index (χ0v) is 10.6. The van der Waals surface area contributed by atoms with Crippen molar-refractivity contribution in [1.82, 2.24) is 0 Å². The molecule has 0 atom stereocenters. The summed E-state index contributed by atoms with van der Waals surface area (Å²) >= 11 is 4.58. The number of nitrogens with one attached hydrogen (secondary N) is 1. The molecule has 0 saturated carbocycles. The number of benzene rings is 1. The van der Waals surface area contributed by atoms with Crippen molar-refractivity contribution in [2.75, 3.05) is 11.9 Å². The molecule has 0 heterocycles. The fourth-order valence-corrected chi connectivity index (χ4v) is 1.61. The standard InChI is InChI=1S/C11H12F3N3OS/c12-11(13,14)8-5-6(17-4-3-9(15)18)1-2-7(8)10(16)19/h1-2,5,17H,3-4H2,(H2,15,18)(H2,16,19). The second-order valence-electron chi connectivity index (χ2n) is 3.77. The van der Waals surface area contributed by atoms with Crippen LogP contribution < -0.4 is 16.8 Å². The number of nitrogens with two attached hydrogens (primary N) is 2. The number of rotatable bonds is 5. The van der Waals surface area contributed by atoms with Gasteiger partial charge in [-0.05, 0) is 18.2 Å². The van der Waals surface area contributed by atoms with Gasteiger partial charge < -0.3 is 16.8 Å². The quantitative estimate of drug-likeness (QED) is 0.720. The van der Waals surface area contributed by atoms with Gasteiger partial charge in [0.15, 0.2) is 0 Å². The maximum absolute atomic E-state index is 12.8. The van der Waals surface area contributed by atoms with Crippen molar-refractivity contribution in [1.29, 1.82) is 0 Å². The second kappa shape index (κ2) is 5.87. The van der Waals surface area contributed by atoms with Crippen LogP contribution >= 0.6 is 12.2 Å². The van der Waals surface area contributed by atoms with Crippen molar-refractivity contribution in [3.05, 3.63) is 29.3 Å². The summed E-state index contributed by atoms with van der Waals surface area (Å²) in [6.45, 7) is 0.152. The molecule has 1 rings (SSSR count). The Kier molecular flexibility index (Phi) is 4.71. The summed E-state index contributed by atoms with van der Waals surface area (Å²) in [5.41, 5.74) is 9.25. The average Bonchev–Trinajstić information content (AvgIpc) is 2.27. The Morgan fingerprint density at radius 1 is 1.32 bits per heavy atom. The van der Waals surface area contributed by atoms with Crippen molar-refractivity contribution >= 4 is 28.8 Å². The Morgan fingerprint density at radius 2 is 1.95 bits per heavy atom. The molecule has 0 aliphatic heterocycles. The molecular weight excluding hydrogens is 279 g/mol. The van der Waals surface area contributed by atoms with Gasteiger partial charge in [0.1, 0.15) is 4.99 Å². The van der Waals surface area contributed by atoms with Crippen molar-refractivity contribution < 1.29 is 18.0 Å². The van der Waals surface area contributed by atoms with E-state index in [0.717, 1.165) is 6.07 Å². The highest BCUT2D eigenvalue weighted by molar-refractivity contribution is 7.80. The first-order valence-electron chi connectivity index (χ1n) is 5.25. The summed E-state index contributed by atoms with van der Waals surface area (Å²) in [6, 6.07) is 3.50. The second-order valence-corrected chi connectivity index (χ2v) is 4.21. The van der Waals surface area contributed by atoms with Crippen LogP contribution in [0.1, 0.15) is 17.5 Å². The Labute approximate surface area is 113 Å². The van der Waals surface area contributed by atoms with Crippen LogP contribution in [-0.4, -0.2) is 17.4 Å². The number of halogens is 3. The first-order valence-corrected chi connectivity index (χ1v) is 5.66. The minimum Gasteiger partial charge on any atom is -0.389 e. The minimum absolute atomic E-state index is 0.0262. The van der Waals surface area contributed by atoms with Gasteiger partial charge in [-0.15, -0.1) is 0 Å². The van der Waals surface area contributed by atoms with Crippen molar-refractivity contribution in [3.63, 3.8) is 0 Å². The number of anilines is 1. The number of carbonyl (C=O) groups is 1. The SMILES string of the molecule is NC(=O)CCNc1ccc(C(N)=S)c(C(F)(F)F)c1. The highest BCUT2D eigenvalue weighted by Gasteiger charge is 2.34. The average molecular weight is 291 g/mol. The Morgan fingerprint density at radius 3 is 2.42 bits per heavy atom. The molecule has 0 spiro atoms. The van der Waals surface area contributed by atoms with E-state index >= 15 is 0 Å². The number of carbonyl (C=O) groups excluding carboxylic acids is 1. The predicted octanol–water partition coefficient (Wildman–Crippen LogP) is 1.63. The van der Waals surface area contributed by atoms with Gasteiger partial charge in [-0.2, -0.15) is 13.2 Å². The summed E-state index contributed by atoms with van der Waals surface area (Å²) in [7, 11) is 0. The Balaban J connectivity index is 2.99. The monoisotopic (exact) mass is 291 g/mol. The first kappa shape index (κ1) is 15.2. The molecule has 8 heteroatoms. The van der Waals surface area contributed by atoms with Crippen LogP contribution in [0.2, 0.25) is 0 Å². The van der Waals surface area contributed by atoms with Crippen LogP contribution in [0.4, 0.5) is 18.9 Å². The van der Waals surface area contributed by atoms with Crippen molar-refractivity contribution in [2.24, 2.45) is 11.5 Å². The number of amides is 1. The van der Waals surface area contributed by atoms with Crippen LogP contribution in [0.25, 0.3) is 0 Å². The van der Waals surface area contributed by atoms with Crippen LogP contribution in [-0.2, 0) is 11.0 Å². The van der Waals surface area contributed by atoms with E-state index in [4.69, 9.17) is 11.5 Å². The summed E-state index contributed by atoms with van der Waals surface area (Å²) < 4.78 is 38.5. The van der Waals surface area contributed by atoms with Gasteiger partial charge in [-0.1, -0.05) is 12.2 Å². The van der Waals surface area contributed by atoms with E-state index in [-0.39, 0.29) is 29.2 Å². The van der Waals surface area contributed by atoms with E-state index < -0.39 is 17.6 Å². The third-order valence-corrected chi connectivity index (χ3v) is 2.51. The van der Waals surface area contributed by atoms with Crippen LogP contribution in [0.3, 0.4) is 0 Å². The van der Waals surface area contributed by atoms with Gasteiger partial charge in [0.05, 0.1) is 5.56 Å². The van der Waals surface area contributed by atoms with E-state index in [0.29, 0.717) is 0 Å². The van der Waals surface area contributed by atoms with Crippen molar-refractivity contribution in [2.45, 2.75) is 12.6 Å². The fourth-order valence-electron chi connectivity index (χ4n) is 1.43. The Hall–Kier alpha value is -1.83. The van der Waals surface area contributed by atoms with Gasteiger partial charge in [-0.25, -0.2) is 0 Å².